The van der Waals surface area contributed by atoms with Gasteiger partial charge in [-0.3, -0.25) is 0 Å². The normalized spacial score (nSPS) is 11.5. The lowest BCUT2D eigenvalue weighted by atomic mass is 9.97. The summed E-state index contributed by atoms with van der Waals surface area (Å²) in [7, 11) is 0. The first-order chi connectivity index (χ1) is 33.7. The third-order valence-corrected chi connectivity index (χ3v) is 13.8. The van der Waals surface area contributed by atoms with Gasteiger partial charge in [0, 0.05) is 33.4 Å². The van der Waals surface area contributed by atoms with Crippen molar-refractivity contribution >= 4 is 71.2 Å². The third kappa shape index (κ3) is 6.90. The van der Waals surface area contributed by atoms with Crippen molar-refractivity contribution in [2.24, 2.45) is 0 Å². The molecule has 2 nitrogen and oxygen atoms in total. The van der Waals surface area contributed by atoms with Crippen LogP contribution in [0.4, 0.5) is 17.1 Å². The number of para-hydroxylation sites is 3. The molecule has 12 aromatic carbocycles. The fourth-order valence-electron chi connectivity index (χ4n) is 10.4. The Bertz CT molecular complexity index is 3960. The first kappa shape index (κ1) is 39.4. The van der Waals surface area contributed by atoms with Crippen LogP contribution in [-0.2, 0) is 0 Å². The summed E-state index contributed by atoms with van der Waals surface area (Å²) in [4.78, 5) is 2.36. The number of fused-ring (bicyclic) bond motifs is 7. The van der Waals surface area contributed by atoms with Crippen LogP contribution in [0.3, 0.4) is 0 Å². The largest absolute Gasteiger partial charge is 0.311 e. The van der Waals surface area contributed by atoms with Crippen LogP contribution in [0.1, 0.15) is 0 Å². The summed E-state index contributed by atoms with van der Waals surface area (Å²) in [5.74, 6) is 0. The topological polar surface area (TPSA) is 8.17 Å². The highest BCUT2D eigenvalue weighted by atomic mass is 15.1. The number of aromatic nitrogens is 1. The molecule has 0 bridgehead atoms. The van der Waals surface area contributed by atoms with Crippen molar-refractivity contribution < 1.29 is 0 Å². The fraction of sp³-hybridized carbons (Fsp3) is 0. The molecule has 1 aromatic heterocycles. The maximum absolute atomic E-state index is 2.42. The third-order valence-electron chi connectivity index (χ3n) is 13.8. The molecular weight excluding hydrogens is 821 g/mol. The molecule has 13 aromatic rings. The van der Waals surface area contributed by atoms with Crippen molar-refractivity contribution in [3.8, 4) is 50.2 Å². The van der Waals surface area contributed by atoms with Crippen molar-refractivity contribution in [1.82, 2.24) is 4.57 Å². The van der Waals surface area contributed by atoms with Crippen molar-refractivity contribution in [2.75, 3.05) is 4.90 Å². The molecule has 68 heavy (non-hydrogen) atoms. The Hall–Kier alpha value is -8.98. The number of benzene rings is 12. The van der Waals surface area contributed by atoms with Crippen LogP contribution in [0.2, 0.25) is 0 Å². The summed E-state index contributed by atoms with van der Waals surface area (Å²) in [5.41, 5.74) is 16.3. The highest BCUT2D eigenvalue weighted by Crippen LogP contribution is 2.41. The molecule has 2 heteroatoms. The number of hydrogen-bond acceptors (Lipinski definition) is 1. The van der Waals surface area contributed by atoms with Gasteiger partial charge in [-0.1, -0.05) is 194 Å². The summed E-state index contributed by atoms with van der Waals surface area (Å²) in [6.07, 6.45) is 0. The number of rotatable bonds is 8. The summed E-state index contributed by atoms with van der Waals surface area (Å²) in [5, 5.41) is 10.1. The van der Waals surface area contributed by atoms with Gasteiger partial charge in [-0.05, 0) is 144 Å². The van der Waals surface area contributed by atoms with Gasteiger partial charge in [-0.15, -0.1) is 0 Å². The van der Waals surface area contributed by atoms with Crippen LogP contribution in [-0.4, -0.2) is 4.57 Å². The standard InChI is InChI=1S/C66H44N2/c1-2-14-50-42-52(26-24-45(50)12-1)47-30-37-57(38-31-47)67(58-39-32-48(33-40-58)53-34-41-60-55(44-53)27-25-49-13-3-4-17-59(49)60)56-35-28-46(29-36-56)51-15-11-16-54(43-51)61-18-5-8-21-64(61)68-65-22-9-6-19-62(65)63-20-7-10-23-66(63)68/h1-44H. The van der Waals surface area contributed by atoms with E-state index in [1.54, 1.807) is 0 Å². The molecule has 1 heterocycles. The van der Waals surface area contributed by atoms with Gasteiger partial charge in [0.1, 0.15) is 0 Å². The van der Waals surface area contributed by atoms with Crippen molar-refractivity contribution in [3.63, 3.8) is 0 Å². The molecule has 0 amide bonds. The van der Waals surface area contributed by atoms with Crippen LogP contribution in [0.5, 0.6) is 0 Å². The van der Waals surface area contributed by atoms with E-state index in [0.717, 1.165) is 22.6 Å². The quantitative estimate of drug-likeness (QED) is 0.138. The number of nitrogens with zero attached hydrogens (tertiary/aromatic N) is 2. The smallest absolute Gasteiger partial charge is 0.0541 e. The highest BCUT2D eigenvalue weighted by molar-refractivity contribution is 6.10. The van der Waals surface area contributed by atoms with Gasteiger partial charge in [0.25, 0.3) is 0 Å². The minimum Gasteiger partial charge on any atom is -0.311 e. The predicted molar refractivity (Wildman–Crippen MR) is 290 cm³/mol. The van der Waals surface area contributed by atoms with E-state index >= 15 is 0 Å². The highest BCUT2D eigenvalue weighted by Gasteiger charge is 2.17. The Morgan fingerprint density at radius 2 is 0.662 bits per heavy atom. The minimum atomic E-state index is 1.09. The van der Waals surface area contributed by atoms with Crippen LogP contribution >= 0.6 is 0 Å². The molecule has 0 spiro atoms. The molecule has 13 rings (SSSR count). The van der Waals surface area contributed by atoms with Crippen LogP contribution in [0, 0.1) is 0 Å². The first-order valence-electron chi connectivity index (χ1n) is 23.4. The lowest BCUT2D eigenvalue weighted by Crippen LogP contribution is -2.09. The predicted octanol–water partition coefficient (Wildman–Crippen LogP) is 18.4. The summed E-state index contributed by atoms with van der Waals surface area (Å²) in [6.45, 7) is 0. The molecule has 0 unspecified atom stereocenters. The van der Waals surface area contributed by atoms with Gasteiger partial charge < -0.3 is 9.47 Å². The van der Waals surface area contributed by atoms with Gasteiger partial charge in [0.05, 0.1) is 16.7 Å². The number of anilines is 3. The zero-order chi connectivity index (χ0) is 45.0. The maximum Gasteiger partial charge on any atom is 0.0541 e. The molecular formula is C66H44N2. The monoisotopic (exact) mass is 864 g/mol. The molecule has 0 aliphatic heterocycles. The van der Waals surface area contributed by atoms with Gasteiger partial charge in [-0.25, -0.2) is 0 Å². The summed E-state index contributed by atoms with van der Waals surface area (Å²) < 4.78 is 2.42. The van der Waals surface area contributed by atoms with E-state index in [4.69, 9.17) is 0 Å². The van der Waals surface area contributed by atoms with Crippen molar-refractivity contribution in [1.29, 1.82) is 0 Å². The molecule has 0 N–H and O–H groups in total. The molecule has 0 radical (unpaired) electrons. The Labute approximate surface area is 395 Å². The molecule has 0 aliphatic rings. The average molecular weight is 865 g/mol. The Kier molecular flexibility index (Phi) is 9.54. The van der Waals surface area contributed by atoms with Gasteiger partial charge in [0.2, 0.25) is 0 Å². The van der Waals surface area contributed by atoms with E-state index in [-0.39, 0.29) is 0 Å². The van der Waals surface area contributed by atoms with E-state index in [9.17, 15) is 0 Å². The Morgan fingerprint density at radius 1 is 0.235 bits per heavy atom. The fourth-order valence-corrected chi connectivity index (χ4v) is 10.4. The molecule has 0 aliphatic carbocycles. The summed E-state index contributed by atoms with van der Waals surface area (Å²) in [6, 6.07) is 97.5. The molecule has 0 saturated carbocycles. The molecule has 0 atom stereocenters. The second-order valence-electron chi connectivity index (χ2n) is 17.7. The van der Waals surface area contributed by atoms with Crippen LogP contribution in [0.25, 0.3) is 104 Å². The van der Waals surface area contributed by atoms with Crippen molar-refractivity contribution in [2.45, 2.75) is 0 Å². The lowest BCUT2D eigenvalue weighted by Gasteiger charge is -2.26. The van der Waals surface area contributed by atoms with Crippen LogP contribution in [0.15, 0.2) is 267 Å². The second-order valence-corrected chi connectivity index (χ2v) is 17.7. The Morgan fingerprint density at radius 3 is 1.31 bits per heavy atom. The van der Waals surface area contributed by atoms with Gasteiger partial charge in [-0.2, -0.15) is 0 Å². The van der Waals surface area contributed by atoms with Gasteiger partial charge in [0.15, 0.2) is 0 Å². The zero-order valence-electron chi connectivity index (χ0n) is 37.3. The van der Waals surface area contributed by atoms with Crippen LogP contribution < -0.4 is 4.90 Å². The molecule has 318 valence electrons. The van der Waals surface area contributed by atoms with E-state index in [1.807, 2.05) is 0 Å². The molecule has 0 fully saturated rings. The molecule has 0 saturated heterocycles. The zero-order valence-corrected chi connectivity index (χ0v) is 37.3. The van der Waals surface area contributed by atoms with E-state index in [2.05, 4.69) is 276 Å². The lowest BCUT2D eigenvalue weighted by molar-refractivity contribution is 1.18. The summed E-state index contributed by atoms with van der Waals surface area (Å²) >= 11 is 0. The average Bonchev–Trinajstić information content (AvgIpc) is 3.75. The maximum atomic E-state index is 2.42. The second kappa shape index (κ2) is 16.5. The SMILES string of the molecule is c1cc(-c2ccc(N(c3ccc(-c4ccc5ccccc5c4)cc3)c3ccc(-c4ccc5c(ccc6ccccc65)c4)cc3)cc2)cc(-c2ccccc2-n2c3ccccc3c3ccccc32)c1. The van der Waals surface area contributed by atoms with E-state index in [1.165, 1.54) is 98.8 Å². The minimum absolute atomic E-state index is 1.09. The Balaban J connectivity index is 0.859. The van der Waals surface area contributed by atoms with Crippen molar-refractivity contribution in [3.05, 3.63) is 267 Å². The number of hydrogen-bond donors (Lipinski definition) is 0. The van der Waals surface area contributed by atoms with Gasteiger partial charge >= 0.3 is 0 Å². The van der Waals surface area contributed by atoms with E-state index < -0.39 is 0 Å². The first-order valence-corrected chi connectivity index (χ1v) is 23.4. The van der Waals surface area contributed by atoms with E-state index in [0.29, 0.717) is 0 Å².